The largest absolute Gasteiger partial charge is 0.398 e. The lowest BCUT2D eigenvalue weighted by Crippen LogP contribution is -2.17. The van der Waals surface area contributed by atoms with Crippen LogP contribution < -0.4 is 15.8 Å². The van der Waals surface area contributed by atoms with Crippen LogP contribution in [0.2, 0.25) is 0 Å². The number of dihydropyridines is 1. The van der Waals surface area contributed by atoms with Crippen LogP contribution in [0.4, 0.5) is 5.69 Å². The molecule has 0 aromatic heterocycles. The molecule has 0 fully saturated rings. The monoisotopic (exact) mass is 265 g/mol. The lowest BCUT2D eigenvalue weighted by Gasteiger charge is -2.15. The Bertz CT molecular complexity index is 601. The van der Waals surface area contributed by atoms with Gasteiger partial charge in [-0.15, -0.1) is 0 Å². The number of hydrogen-bond donors (Lipinski definition) is 3. The predicted molar refractivity (Wildman–Crippen MR) is 73.2 cm³/mol. The van der Waals surface area contributed by atoms with Gasteiger partial charge in [0.25, 0.3) is 0 Å². The van der Waals surface area contributed by atoms with Crippen molar-refractivity contribution in [3.63, 3.8) is 0 Å². The first-order chi connectivity index (χ1) is 8.46. The van der Waals surface area contributed by atoms with Gasteiger partial charge in [-0.25, -0.2) is 8.42 Å². The van der Waals surface area contributed by atoms with Crippen molar-refractivity contribution in [3.8, 4) is 0 Å². The van der Waals surface area contributed by atoms with Crippen molar-refractivity contribution in [3.05, 3.63) is 47.8 Å². The highest BCUT2D eigenvalue weighted by Crippen LogP contribution is 2.21. The topological polar surface area (TPSA) is 84.2 Å². The van der Waals surface area contributed by atoms with Gasteiger partial charge >= 0.3 is 0 Å². The van der Waals surface area contributed by atoms with E-state index in [1.807, 2.05) is 18.2 Å². The van der Waals surface area contributed by atoms with E-state index in [0.717, 1.165) is 23.1 Å². The van der Waals surface area contributed by atoms with E-state index in [2.05, 4.69) is 10.0 Å². The smallest absolute Gasteiger partial charge is 0.229 e. The molecule has 0 spiro atoms. The van der Waals surface area contributed by atoms with Gasteiger partial charge in [-0.3, -0.25) is 4.72 Å². The molecule has 18 heavy (non-hydrogen) atoms. The third-order valence-electron chi connectivity index (χ3n) is 2.54. The molecule has 1 aliphatic heterocycles. The van der Waals surface area contributed by atoms with E-state index in [4.69, 9.17) is 5.73 Å². The molecule has 2 rings (SSSR count). The number of nitrogens with one attached hydrogen (secondary N) is 2. The van der Waals surface area contributed by atoms with Gasteiger partial charge in [0.05, 0.1) is 6.26 Å². The zero-order valence-corrected chi connectivity index (χ0v) is 10.8. The zero-order chi connectivity index (χ0) is 13.2. The van der Waals surface area contributed by atoms with Gasteiger partial charge in [0.2, 0.25) is 10.0 Å². The molecule has 0 saturated carbocycles. The van der Waals surface area contributed by atoms with E-state index in [9.17, 15) is 8.42 Å². The maximum absolute atomic E-state index is 11.1. The van der Waals surface area contributed by atoms with Gasteiger partial charge < -0.3 is 11.1 Å². The number of nitrogens with two attached hydrogens (primary N) is 1. The molecule has 0 amide bonds. The minimum absolute atomic E-state index is 0.541. The maximum Gasteiger partial charge on any atom is 0.229 e. The van der Waals surface area contributed by atoms with Crippen molar-refractivity contribution in [2.75, 3.05) is 17.5 Å². The number of rotatable bonds is 3. The fourth-order valence-electron chi connectivity index (χ4n) is 1.73. The Morgan fingerprint density at radius 2 is 1.94 bits per heavy atom. The predicted octanol–water partition coefficient (Wildman–Crippen LogP) is 0.845. The van der Waals surface area contributed by atoms with E-state index in [-0.39, 0.29) is 0 Å². The highest BCUT2D eigenvalue weighted by atomic mass is 32.2. The third-order valence-corrected chi connectivity index (χ3v) is 3.15. The summed E-state index contributed by atoms with van der Waals surface area (Å²) >= 11 is 0. The average Bonchev–Trinajstić information content (AvgIpc) is 2.29. The second-order valence-corrected chi connectivity index (χ2v) is 5.85. The fraction of sp³-hybridized carbons (Fsp3) is 0.167. The summed E-state index contributed by atoms with van der Waals surface area (Å²) < 4.78 is 24.6. The van der Waals surface area contributed by atoms with Crippen LogP contribution in [0.15, 0.2) is 42.2 Å². The Balaban J connectivity index is 2.25. The fourth-order valence-corrected chi connectivity index (χ4v) is 2.30. The number of anilines is 1. The molecular formula is C12H15N3O2S. The van der Waals surface area contributed by atoms with Gasteiger partial charge in [0.1, 0.15) is 0 Å². The van der Waals surface area contributed by atoms with Crippen LogP contribution in [-0.4, -0.2) is 21.2 Å². The van der Waals surface area contributed by atoms with E-state index < -0.39 is 10.0 Å². The first-order valence-corrected chi connectivity index (χ1v) is 7.31. The molecule has 96 valence electrons. The first-order valence-electron chi connectivity index (χ1n) is 5.42. The van der Waals surface area contributed by atoms with Gasteiger partial charge in [-0.1, -0.05) is 12.1 Å². The number of sulfonamides is 1. The molecule has 1 aromatic carbocycles. The normalized spacial score (nSPS) is 15.4. The minimum atomic E-state index is -3.24. The van der Waals surface area contributed by atoms with E-state index in [1.165, 1.54) is 0 Å². The standard InChI is InChI=1S/C12H15N3O2S/c1-18(16,17)15-10-4-2-9(3-5-10)11-8-14-7-6-12(11)13/h2-7,14-15H,8,13H2,1H3. The van der Waals surface area contributed by atoms with Crippen LogP contribution in [0, 0.1) is 0 Å². The molecule has 4 N–H and O–H groups in total. The Kier molecular flexibility index (Phi) is 3.29. The summed E-state index contributed by atoms with van der Waals surface area (Å²) in [6, 6.07) is 7.12. The van der Waals surface area contributed by atoms with Crippen LogP contribution in [0.3, 0.4) is 0 Å². The molecule has 5 nitrogen and oxygen atoms in total. The number of hydrogen-bond acceptors (Lipinski definition) is 4. The van der Waals surface area contributed by atoms with E-state index in [0.29, 0.717) is 12.2 Å². The Morgan fingerprint density at radius 1 is 1.28 bits per heavy atom. The lowest BCUT2D eigenvalue weighted by molar-refractivity contribution is 0.607. The van der Waals surface area contributed by atoms with Gasteiger partial charge in [-0.2, -0.15) is 0 Å². The van der Waals surface area contributed by atoms with Crippen LogP contribution in [0.1, 0.15) is 5.56 Å². The minimum Gasteiger partial charge on any atom is -0.398 e. The number of benzene rings is 1. The van der Waals surface area contributed by atoms with Crippen molar-refractivity contribution < 1.29 is 8.42 Å². The van der Waals surface area contributed by atoms with Crippen LogP contribution in [0.5, 0.6) is 0 Å². The van der Waals surface area contributed by atoms with Crippen molar-refractivity contribution in [2.45, 2.75) is 0 Å². The number of allylic oxidation sites excluding steroid dienone is 1. The van der Waals surface area contributed by atoms with Gasteiger partial charge in [-0.05, 0) is 30.0 Å². The van der Waals surface area contributed by atoms with Crippen LogP contribution in [0.25, 0.3) is 5.57 Å². The van der Waals surface area contributed by atoms with E-state index in [1.54, 1.807) is 18.3 Å². The zero-order valence-electron chi connectivity index (χ0n) is 9.97. The van der Waals surface area contributed by atoms with Crippen LogP contribution in [-0.2, 0) is 10.0 Å². The first kappa shape index (κ1) is 12.5. The van der Waals surface area contributed by atoms with E-state index >= 15 is 0 Å². The molecule has 1 heterocycles. The lowest BCUT2D eigenvalue weighted by atomic mass is 10.0. The highest BCUT2D eigenvalue weighted by molar-refractivity contribution is 7.92. The second-order valence-electron chi connectivity index (χ2n) is 4.10. The summed E-state index contributed by atoms with van der Waals surface area (Å²) in [7, 11) is -3.24. The average molecular weight is 265 g/mol. The Labute approximate surface area is 106 Å². The molecule has 0 saturated heterocycles. The summed E-state index contributed by atoms with van der Waals surface area (Å²) in [5.41, 5.74) is 9.13. The molecule has 0 radical (unpaired) electrons. The van der Waals surface area contributed by atoms with Crippen molar-refractivity contribution >= 4 is 21.3 Å². The molecule has 0 atom stereocenters. The molecule has 0 unspecified atom stereocenters. The Morgan fingerprint density at radius 3 is 2.50 bits per heavy atom. The molecule has 0 bridgehead atoms. The summed E-state index contributed by atoms with van der Waals surface area (Å²) in [4.78, 5) is 0. The SMILES string of the molecule is CS(=O)(=O)Nc1ccc(C2=C(N)C=CNC2)cc1. The van der Waals surface area contributed by atoms with Crippen molar-refractivity contribution in [1.82, 2.24) is 5.32 Å². The Hall–Kier alpha value is -1.95. The summed E-state index contributed by atoms with van der Waals surface area (Å²) in [6.07, 6.45) is 4.73. The van der Waals surface area contributed by atoms with Crippen LogP contribution >= 0.6 is 0 Å². The summed E-state index contributed by atoms with van der Waals surface area (Å²) in [5, 5.41) is 3.09. The molecule has 1 aromatic rings. The molecule has 1 aliphatic rings. The molecular weight excluding hydrogens is 250 g/mol. The maximum atomic E-state index is 11.1. The molecule has 6 heteroatoms. The van der Waals surface area contributed by atoms with Gasteiger partial charge in [0, 0.05) is 23.5 Å². The van der Waals surface area contributed by atoms with Crippen molar-refractivity contribution in [1.29, 1.82) is 0 Å². The summed E-state index contributed by atoms with van der Waals surface area (Å²) in [6.45, 7) is 0.668. The second kappa shape index (κ2) is 4.73. The quantitative estimate of drug-likeness (QED) is 0.756. The third kappa shape index (κ3) is 3.04. The van der Waals surface area contributed by atoms with Crippen molar-refractivity contribution in [2.24, 2.45) is 5.73 Å². The molecule has 0 aliphatic carbocycles. The van der Waals surface area contributed by atoms with Gasteiger partial charge in [0.15, 0.2) is 0 Å². The highest BCUT2D eigenvalue weighted by Gasteiger charge is 2.08. The summed E-state index contributed by atoms with van der Waals surface area (Å²) in [5.74, 6) is 0.